The molecule has 0 radical (unpaired) electrons. The van der Waals surface area contributed by atoms with Crippen LogP contribution in [0, 0.1) is 0 Å². The Morgan fingerprint density at radius 2 is 0.860 bits per heavy atom. The predicted octanol–water partition coefficient (Wildman–Crippen LogP) is 8.88. The molecule has 1 aliphatic carbocycles. The van der Waals surface area contributed by atoms with Crippen LogP contribution in [0.3, 0.4) is 0 Å². The van der Waals surface area contributed by atoms with Gasteiger partial charge >= 0.3 is 59.5 Å². The summed E-state index contributed by atoms with van der Waals surface area (Å²) in [7, 11) is 0. The third-order valence-corrected chi connectivity index (χ3v) is 6.65. The number of alkyl halides is 21. The molecular weight excluding hydrogens is 667 g/mol. The topological polar surface area (TPSA) is 20.2 Å². The van der Waals surface area contributed by atoms with Gasteiger partial charge in [0.25, 0.3) is 0 Å². The Hall–Kier alpha value is -2.29. The molecule has 1 nitrogen and oxygen atoms in total. The number of benzene rings is 1. The van der Waals surface area contributed by atoms with Crippen molar-refractivity contribution in [2.75, 3.05) is 0 Å². The normalized spacial score (nSPS) is 20.7. The molecule has 0 bridgehead atoms. The van der Waals surface area contributed by atoms with Crippen LogP contribution in [0.4, 0.5) is 92.2 Å². The fraction of sp³-hybridized carbons (Fsp3) is 0.714. The third-order valence-electron chi connectivity index (χ3n) is 6.65. The molecule has 0 spiro atoms. The Kier molecular flexibility index (Phi) is 8.46. The van der Waals surface area contributed by atoms with Crippen molar-refractivity contribution in [1.82, 2.24) is 0 Å². The number of hydrogen-bond acceptors (Lipinski definition) is 1. The molecule has 43 heavy (non-hydrogen) atoms. The van der Waals surface area contributed by atoms with Gasteiger partial charge in [0.1, 0.15) is 0 Å². The minimum atomic E-state index is -9.21. The fourth-order valence-electron chi connectivity index (χ4n) is 4.15. The molecule has 22 heteroatoms. The number of halogens is 21. The summed E-state index contributed by atoms with van der Waals surface area (Å²) >= 11 is 0. The second-order valence-electron chi connectivity index (χ2n) is 9.52. The van der Waals surface area contributed by atoms with E-state index in [1.165, 1.54) is 6.07 Å². The first-order valence-electron chi connectivity index (χ1n) is 10.9. The summed E-state index contributed by atoms with van der Waals surface area (Å²) in [5.41, 5.74) is -4.13. The molecule has 1 aromatic rings. The first-order valence-corrected chi connectivity index (χ1v) is 10.9. The van der Waals surface area contributed by atoms with Gasteiger partial charge in [-0.15, -0.1) is 0 Å². The van der Waals surface area contributed by atoms with Gasteiger partial charge in [0.05, 0.1) is 12.0 Å². The molecule has 1 N–H and O–H groups in total. The number of rotatable bonds is 10. The van der Waals surface area contributed by atoms with E-state index in [1.54, 1.807) is 0 Å². The lowest BCUT2D eigenvalue weighted by Crippen LogP contribution is -2.77. The second kappa shape index (κ2) is 9.85. The summed E-state index contributed by atoms with van der Waals surface area (Å²) in [5, 5.41) is 10.5. The molecule has 0 saturated heterocycles. The van der Waals surface area contributed by atoms with E-state index in [0.29, 0.717) is 0 Å². The van der Waals surface area contributed by atoms with Gasteiger partial charge in [0.15, 0.2) is 0 Å². The summed E-state index contributed by atoms with van der Waals surface area (Å²) in [5.74, 6) is -77.5. The van der Waals surface area contributed by atoms with Crippen LogP contribution in [-0.2, 0) is 12.0 Å². The van der Waals surface area contributed by atoms with Crippen molar-refractivity contribution < 1.29 is 97.3 Å². The number of aryl methyl sites for hydroxylation is 1. The molecule has 1 unspecified atom stereocenters. The molecule has 0 saturated carbocycles. The van der Waals surface area contributed by atoms with Crippen LogP contribution < -0.4 is 0 Å². The molecule has 0 aliphatic heterocycles. The maximum absolute atomic E-state index is 14.5. The Bertz CT molecular complexity index is 1180. The number of fused-ring (bicyclic) bond motifs is 1. The van der Waals surface area contributed by atoms with E-state index < -0.39 is 83.5 Å². The maximum Gasteiger partial charge on any atom is 0.460 e. The van der Waals surface area contributed by atoms with Crippen molar-refractivity contribution in [3.8, 4) is 0 Å². The van der Waals surface area contributed by atoms with E-state index in [1.807, 2.05) is 0 Å². The highest BCUT2D eigenvalue weighted by molar-refractivity contribution is 5.35. The largest absolute Gasteiger partial charge is 0.460 e. The van der Waals surface area contributed by atoms with Gasteiger partial charge < -0.3 is 5.11 Å². The average molecular weight is 680 g/mol. The SMILES string of the molecule is OC1(CC(F)(F)C(F)(F)C(F)(F)C(F)(F)C(F)(F)C(F)(F)C(F)(F)C(F)(F)C(F)(F)C(F)(F)F)CCCc2ccccc21. The molecule has 0 heterocycles. The zero-order valence-corrected chi connectivity index (χ0v) is 20.0. The number of hydrogen-bond donors (Lipinski definition) is 1. The molecule has 250 valence electrons. The van der Waals surface area contributed by atoms with Crippen LogP contribution in [0.5, 0.6) is 0 Å². The average Bonchev–Trinajstić information content (AvgIpc) is 2.82. The van der Waals surface area contributed by atoms with E-state index in [2.05, 4.69) is 0 Å². The first-order chi connectivity index (χ1) is 18.7. The van der Waals surface area contributed by atoms with Gasteiger partial charge in [0, 0.05) is 0 Å². The third kappa shape index (κ3) is 4.78. The Morgan fingerprint density at radius 1 is 0.512 bits per heavy atom. The Morgan fingerprint density at radius 3 is 1.26 bits per heavy atom. The molecular formula is C21H13F21O. The minimum absolute atomic E-state index is 0.0672. The highest BCUT2D eigenvalue weighted by Gasteiger charge is 2.97. The van der Waals surface area contributed by atoms with Gasteiger partial charge in [-0.3, -0.25) is 0 Å². The highest BCUT2D eigenvalue weighted by atomic mass is 19.4. The van der Waals surface area contributed by atoms with Gasteiger partial charge in [-0.2, -0.15) is 92.2 Å². The summed E-state index contributed by atoms with van der Waals surface area (Å²) in [6.07, 6.45) is -12.5. The van der Waals surface area contributed by atoms with Crippen molar-refractivity contribution in [2.45, 2.75) is 90.8 Å². The molecule has 0 fully saturated rings. The van der Waals surface area contributed by atoms with Crippen molar-refractivity contribution >= 4 is 0 Å². The van der Waals surface area contributed by atoms with E-state index >= 15 is 0 Å². The molecule has 0 amide bonds. The van der Waals surface area contributed by atoms with Crippen LogP contribution in [0.25, 0.3) is 0 Å². The van der Waals surface area contributed by atoms with Crippen LogP contribution in [0.15, 0.2) is 24.3 Å². The van der Waals surface area contributed by atoms with Crippen LogP contribution in [0.1, 0.15) is 30.4 Å². The lowest BCUT2D eigenvalue weighted by molar-refractivity contribution is -0.474. The van der Waals surface area contributed by atoms with Crippen LogP contribution >= 0.6 is 0 Å². The van der Waals surface area contributed by atoms with Gasteiger partial charge in [-0.1, -0.05) is 24.3 Å². The zero-order valence-electron chi connectivity index (χ0n) is 20.0. The quantitative estimate of drug-likeness (QED) is 0.245. The summed E-state index contributed by atoms with van der Waals surface area (Å²) in [6.45, 7) is 0. The van der Waals surface area contributed by atoms with Crippen molar-refractivity contribution in [3.63, 3.8) is 0 Å². The standard InChI is InChI=1S/C21H13F21O/c22-12(23,8-11(43)7-3-5-9-4-1-2-6-10(9)11)13(24,25)14(26,27)15(28,29)16(30,31)17(32,33)18(34,35)19(36,37)20(38,39)21(40,41)42/h1-2,4,6,43H,3,5,7-8H2. The monoisotopic (exact) mass is 680 g/mol. The van der Waals surface area contributed by atoms with Gasteiger partial charge in [-0.25, -0.2) is 0 Å². The van der Waals surface area contributed by atoms with Crippen molar-refractivity contribution in [3.05, 3.63) is 35.4 Å². The molecule has 1 aromatic carbocycles. The fourth-order valence-corrected chi connectivity index (χ4v) is 4.15. The van der Waals surface area contributed by atoms with E-state index in [-0.39, 0.29) is 18.4 Å². The van der Waals surface area contributed by atoms with E-state index in [0.717, 1.165) is 18.2 Å². The van der Waals surface area contributed by atoms with Gasteiger partial charge in [0.2, 0.25) is 0 Å². The second-order valence-corrected chi connectivity index (χ2v) is 9.52. The Balaban J connectivity index is 2.64. The minimum Gasteiger partial charge on any atom is -0.385 e. The lowest BCUT2D eigenvalue weighted by Gasteiger charge is -2.45. The van der Waals surface area contributed by atoms with E-state index in [9.17, 15) is 97.3 Å². The summed E-state index contributed by atoms with van der Waals surface area (Å²) in [4.78, 5) is 0. The zero-order chi connectivity index (χ0) is 34.3. The van der Waals surface area contributed by atoms with Crippen molar-refractivity contribution in [1.29, 1.82) is 0 Å². The molecule has 1 atom stereocenters. The Labute approximate surface area is 224 Å². The molecule has 0 aromatic heterocycles. The summed E-state index contributed by atoms with van der Waals surface area (Å²) < 4.78 is 285. The van der Waals surface area contributed by atoms with Gasteiger partial charge in [-0.05, 0) is 30.4 Å². The summed E-state index contributed by atoms with van der Waals surface area (Å²) in [6, 6.07) is 4.00. The first kappa shape index (κ1) is 36.9. The van der Waals surface area contributed by atoms with E-state index in [4.69, 9.17) is 0 Å². The number of aliphatic hydroxyl groups is 1. The predicted molar refractivity (Wildman–Crippen MR) is 98.5 cm³/mol. The van der Waals surface area contributed by atoms with Crippen molar-refractivity contribution in [2.24, 2.45) is 0 Å². The smallest absolute Gasteiger partial charge is 0.385 e. The van der Waals surface area contributed by atoms with Crippen LogP contribution in [0.2, 0.25) is 0 Å². The molecule has 2 rings (SSSR count). The highest BCUT2D eigenvalue weighted by Crippen LogP contribution is 2.66. The molecule has 1 aliphatic rings. The lowest BCUT2D eigenvalue weighted by atomic mass is 9.74. The maximum atomic E-state index is 14.5. The van der Waals surface area contributed by atoms with Crippen LogP contribution in [-0.4, -0.2) is 64.6 Å².